The van der Waals surface area contributed by atoms with Crippen LogP contribution in [0.4, 0.5) is 23.0 Å². The Morgan fingerprint density at radius 2 is 1.86 bits per heavy atom. The first-order valence-electron chi connectivity index (χ1n) is 14.2. The van der Waals surface area contributed by atoms with Gasteiger partial charge in [0.1, 0.15) is 11.4 Å². The van der Waals surface area contributed by atoms with Gasteiger partial charge in [-0.15, -0.1) is 0 Å². The van der Waals surface area contributed by atoms with Crippen molar-refractivity contribution in [3.05, 3.63) is 54.9 Å². The molecule has 0 fully saturated rings. The van der Waals surface area contributed by atoms with E-state index in [4.69, 9.17) is 20.2 Å². The maximum Gasteiger partial charge on any atom is 0.306 e. The summed E-state index contributed by atoms with van der Waals surface area (Å²) in [6.45, 7) is 8.01. The van der Waals surface area contributed by atoms with Crippen LogP contribution in [0.2, 0.25) is 0 Å². The fraction of sp³-hybridized carbons (Fsp3) is 0.406. The molecule has 10 heteroatoms. The molecule has 0 bridgehead atoms. The highest BCUT2D eigenvalue weighted by Crippen LogP contribution is 2.36. The van der Waals surface area contributed by atoms with Crippen molar-refractivity contribution >= 4 is 39.9 Å². The Bertz CT molecular complexity index is 1530. The number of carbonyl (C=O) groups is 1. The maximum atomic E-state index is 12.0. The van der Waals surface area contributed by atoms with Crippen LogP contribution in [0.3, 0.4) is 0 Å². The second kappa shape index (κ2) is 13.1. The number of esters is 1. The lowest BCUT2D eigenvalue weighted by atomic mass is 10.1. The third kappa shape index (κ3) is 7.70. The lowest BCUT2D eigenvalue weighted by Gasteiger charge is -2.26. The summed E-state index contributed by atoms with van der Waals surface area (Å²) in [5, 5.41) is 4.43. The van der Waals surface area contributed by atoms with Gasteiger partial charge in [-0.3, -0.25) is 4.79 Å². The summed E-state index contributed by atoms with van der Waals surface area (Å²) in [5.74, 6) is 0.926. The molecule has 2 aromatic heterocycles. The SMILES string of the molecule is COc1cc(N(C)CCN(C)CCCC(=O)OC(C)(C)C)c(N)cc1Nc1nccc(-c2cn(C)c3ccccc23)n1. The lowest BCUT2D eigenvalue weighted by Crippen LogP contribution is -2.32. The Labute approximate surface area is 248 Å². The molecule has 0 saturated carbocycles. The maximum absolute atomic E-state index is 12.0. The van der Waals surface area contributed by atoms with Crippen LogP contribution in [0.25, 0.3) is 22.2 Å². The van der Waals surface area contributed by atoms with E-state index in [2.05, 4.69) is 43.0 Å². The molecule has 0 aliphatic rings. The molecule has 42 heavy (non-hydrogen) atoms. The van der Waals surface area contributed by atoms with E-state index in [0.29, 0.717) is 29.5 Å². The Balaban J connectivity index is 1.40. The van der Waals surface area contributed by atoms with Gasteiger partial charge in [-0.2, -0.15) is 0 Å². The molecule has 0 aliphatic carbocycles. The zero-order chi connectivity index (χ0) is 30.4. The standard InChI is InChI=1S/C32H43N7O3/c1-32(2,3)42-30(40)13-10-16-37(4)17-18-38(5)28-20-29(41-7)26(19-24(28)33)36-31-34-15-14-25(35-31)23-21-39(6)27-12-9-8-11-22(23)27/h8-9,11-12,14-15,19-21H,10,13,16-18,33H2,1-7H3,(H,34,35,36). The molecule has 0 spiro atoms. The number of hydrogen-bond donors (Lipinski definition) is 2. The smallest absolute Gasteiger partial charge is 0.306 e. The normalized spacial score (nSPS) is 11.6. The van der Waals surface area contributed by atoms with Gasteiger partial charge < -0.3 is 34.9 Å². The van der Waals surface area contributed by atoms with Crippen molar-refractivity contribution in [3.63, 3.8) is 0 Å². The molecule has 0 saturated heterocycles. The van der Waals surface area contributed by atoms with Crippen molar-refractivity contribution in [1.82, 2.24) is 19.4 Å². The molecule has 4 aromatic rings. The lowest BCUT2D eigenvalue weighted by molar-refractivity contribution is -0.154. The highest BCUT2D eigenvalue weighted by Gasteiger charge is 2.17. The van der Waals surface area contributed by atoms with Crippen LogP contribution >= 0.6 is 0 Å². The third-order valence-corrected chi connectivity index (χ3v) is 6.99. The largest absolute Gasteiger partial charge is 0.494 e. The van der Waals surface area contributed by atoms with Gasteiger partial charge in [0.2, 0.25) is 5.95 Å². The number of nitrogens with two attached hydrogens (primary N) is 1. The summed E-state index contributed by atoms with van der Waals surface area (Å²) in [7, 11) is 7.71. The Morgan fingerprint density at radius 3 is 2.60 bits per heavy atom. The number of methoxy groups -OCH3 is 1. The third-order valence-electron chi connectivity index (χ3n) is 6.99. The number of nitrogens with zero attached hydrogens (tertiary/aromatic N) is 5. The number of benzene rings is 2. The summed E-state index contributed by atoms with van der Waals surface area (Å²) < 4.78 is 13.2. The van der Waals surface area contributed by atoms with Crippen LogP contribution in [-0.2, 0) is 16.6 Å². The molecule has 0 amide bonds. The van der Waals surface area contributed by atoms with E-state index in [1.54, 1.807) is 13.3 Å². The Kier molecular flexibility index (Phi) is 9.57. The Hall–Kier alpha value is -4.31. The van der Waals surface area contributed by atoms with E-state index >= 15 is 0 Å². The van der Waals surface area contributed by atoms with Gasteiger partial charge in [0.25, 0.3) is 0 Å². The molecule has 4 rings (SSSR count). The second-order valence-electron chi connectivity index (χ2n) is 11.6. The number of aryl methyl sites for hydroxylation is 1. The van der Waals surface area contributed by atoms with Gasteiger partial charge in [-0.05, 0) is 59.0 Å². The van der Waals surface area contributed by atoms with Crippen molar-refractivity contribution in [2.24, 2.45) is 7.05 Å². The average molecular weight is 574 g/mol. The van der Waals surface area contributed by atoms with Crippen LogP contribution < -0.4 is 20.7 Å². The van der Waals surface area contributed by atoms with Crippen LogP contribution in [0.15, 0.2) is 54.9 Å². The molecule has 10 nitrogen and oxygen atoms in total. The zero-order valence-electron chi connectivity index (χ0n) is 25.8. The number of ether oxygens (including phenoxy) is 2. The number of nitrogens with one attached hydrogen (secondary N) is 1. The van der Waals surface area contributed by atoms with Crippen LogP contribution in [0.5, 0.6) is 5.75 Å². The van der Waals surface area contributed by atoms with Crippen LogP contribution in [0.1, 0.15) is 33.6 Å². The zero-order valence-corrected chi connectivity index (χ0v) is 25.8. The van der Waals surface area contributed by atoms with Gasteiger partial charge >= 0.3 is 5.97 Å². The Morgan fingerprint density at radius 1 is 1.10 bits per heavy atom. The minimum Gasteiger partial charge on any atom is -0.494 e. The molecule has 2 aromatic carbocycles. The summed E-state index contributed by atoms with van der Waals surface area (Å²) in [4.78, 5) is 25.5. The molecule has 0 radical (unpaired) electrons. The number of fused-ring (bicyclic) bond motifs is 1. The van der Waals surface area contributed by atoms with E-state index in [0.717, 1.165) is 53.9 Å². The number of aromatic nitrogens is 3. The number of likely N-dealkylation sites (N-methyl/N-ethyl adjacent to an activating group) is 2. The van der Waals surface area contributed by atoms with Gasteiger partial charge in [0.15, 0.2) is 0 Å². The number of nitrogen functional groups attached to an aromatic ring is 1. The quantitative estimate of drug-likeness (QED) is 0.169. The first-order chi connectivity index (χ1) is 19.9. The summed E-state index contributed by atoms with van der Waals surface area (Å²) in [5.41, 5.74) is 11.2. The molecule has 0 atom stereocenters. The summed E-state index contributed by atoms with van der Waals surface area (Å²) >= 11 is 0. The number of rotatable bonds is 12. The van der Waals surface area contributed by atoms with E-state index in [1.165, 1.54) is 0 Å². The number of carbonyl (C=O) groups excluding carboxylic acids is 1. The van der Waals surface area contributed by atoms with E-state index in [-0.39, 0.29) is 5.97 Å². The predicted octanol–water partition coefficient (Wildman–Crippen LogP) is 5.46. The molecule has 0 aliphatic heterocycles. The average Bonchev–Trinajstić information content (AvgIpc) is 3.27. The molecular formula is C32H43N7O3. The predicted molar refractivity (Wildman–Crippen MR) is 170 cm³/mol. The number of anilines is 4. The molecule has 224 valence electrons. The fourth-order valence-corrected chi connectivity index (χ4v) is 4.86. The molecule has 3 N–H and O–H groups in total. The van der Waals surface area contributed by atoms with E-state index < -0.39 is 5.60 Å². The first-order valence-corrected chi connectivity index (χ1v) is 14.2. The number of hydrogen-bond acceptors (Lipinski definition) is 9. The second-order valence-corrected chi connectivity index (χ2v) is 11.6. The first kappa shape index (κ1) is 30.6. The minimum atomic E-state index is -0.452. The van der Waals surface area contributed by atoms with Crippen molar-refractivity contribution in [2.75, 3.05) is 56.8 Å². The fourth-order valence-electron chi connectivity index (χ4n) is 4.86. The molecule has 2 heterocycles. The van der Waals surface area contributed by atoms with Gasteiger partial charge in [0, 0.05) is 68.5 Å². The van der Waals surface area contributed by atoms with Crippen molar-refractivity contribution in [3.8, 4) is 17.0 Å². The van der Waals surface area contributed by atoms with Crippen molar-refractivity contribution in [2.45, 2.75) is 39.2 Å². The number of para-hydroxylation sites is 1. The minimum absolute atomic E-state index is 0.160. The van der Waals surface area contributed by atoms with Crippen molar-refractivity contribution < 1.29 is 14.3 Å². The van der Waals surface area contributed by atoms with Gasteiger partial charge in [-0.25, -0.2) is 9.97 Å². The monoisotopic (exact) mass is 573 g/mol. The van der Waals surface area contributed by atoms with Gasteiger partial charge in [-0.1, -0.05) is 18.2 Å². The molecule has 0 unspecified atom stereocenters. The highest BCUT2D eigenvalue weighted by atomic mass is 16.6. The summed E-state index contributed by atoms with van der Waals surface area (Å²) in [6.07, 6.45) is 4.98. The van der Waals surface area contributed by atoms with E-state index in [1.807, 2.05) is 72.2 Å². The van der Waals surface area contributed by atoms with Crippen LogP contribution in [0, 0.1) is 0 Å². The topological polar surface area (TPSA) is 111 Å². The van der Waals surface area contributed by atoms with Crippen LogP contribution in [-0.4, -0.2) is 71.8 Å². The molecular weight excluding hydrogens is 530 g/mol. The van der Waals surface area contributed by atoms with Gasteiger partial charge in [0.05, 0.1) is 29.9 Å². The summed E-state index contributed by atoms with van der Waals surface area (Å²) in [6, 6.07) is 13.9. The van der Waals surface area contributed by atoms with Crippen molar-refractivity contribution in [1.29, 1.82) is 0 Å². The van der Waals surface area contributed by atoms with E-state index in [9.17, 15) is 4.79 Å². The highest BCUT2D eigenvalue weighted by molar-refractivity contribution is 5.95.